The first kappa shape index (κ1) is 14.0. The number of nitrogens with one attached hydrogen (secondary N) is 1. The van der Waals surface area contributed by atoms with E-state index in [0.717, 1.165) is 23.0 Å². The van der Waals surface area contributed by atoms with Crippen LogP contribution in [0.5, 0.6) is 0 Å². The van der Waals surface area contributed by atoms with Gasteiger partial charge in [0, 0.05) is 11.4 Å². The van der Waals surface area contributed by atoms with Gasteiger partial charge in [0.15, 0.2) is 10.8 Å². The number of hydrogen-bond acceptors (Lipinski definition) is 5. The van der Waals surface area contributed by atoms with Gasteiger partial charge in [-0.2, -0.15) is 0 Å². The maximum Gasteiger partial charge on any atom is 0.357 e. The summed E-state index contributed by atoms with van der Waals surface area (Å²) in [7, 11) is 1.37. The van der Waals surface area contributed by atoms with E-state index in [1.807, 2.05) is 6.92 Å². The Labute approximate surface area is 106 Å². The molecule has 0 unspecified atom stereocenters. The number of aromatic nitrogens is 1. The lowest BCUT2D eigenvalue weighted by molar-refractivity contribution is 0.0594. The summed E-state index contributed by atoms with van der Waals surface area (Å²) in [5.74, 6) is -0.363. The zero-order valence-electron chi connectivity index (χ0n) is 10.7. The van der Waals surface area contributed by atoms with Crippen molar-refractivity contribution in [1.29, 1.82) is 0 Å². The fourth-order valence-electron chi connectivity index (χ4n) is 1.51. The van der Waals surface area contributed by atoms with E-state index in [0.29, 0.717) is 5.69 Å². The smallest absolute Gasteiger partial charge is 0.357 e. The maximum atomic E-state index is 11.4. The lowest BCUT2D eigenvalue weighted by atomic mass is 10.2. The number of aryl methyl sites for hydroxylation is 1. The molecule has 1 N–H and O–H groups in total. The Balaban J connectivity index is 2.42. The zero-order valence-corrected chi connectivity index (χ0v) is 11.5. The molecule has 0 saturated carbocycles. The number of carbonyl (C=O) groups excluding carboxylic acids is 1. The van der Waals surface area contributed by atoms with Crippen LogP contribution in [0.25, 0.3) is 0 Å². The minimum Gasteiger partial charge on any atom is -0.464 e. The normalized spacial score (nSPS) is 10.3. The molecular formula is C12H20N2O2S. The van der Waals surface area contributed by atoms with Crippen LogP contribution in [0.1, 0.15) is 48.0 Å². The molecule has 0 saturated heterocycles. The summed E-state index contributed by atoms with van der Waals surface area (Å²) >= 11 is 1.50. The molecule has 1 heterocycles. The van der Waals surface area contributed by atoms with Crippen LogP contribution in [0.4, 0.5) is 5.13 Å². The Kier molecular flexibility index (Phi) is 5.97. The SMILES string of the molecule is CCCCCCNc1nc(C(=O)OC)c(C)s1. The van der Waals surface area contributed by atoms with Gasteiger partial charge in [0.05, 0.1) is 7.11 Å². The average molecular weight is 256 g/mol. The first-order chi connectivity index (χ1) is 8.19. The quantitative estimate of drug-likeness (QED) is 0.601. The Hall–Kier alpha value is -1.10. The number of ether oxygens (including phenoxy) is 1. The third-order valence-corrected chi connectivity index (χ3v) is 3.41. The number of thiazole rings is 1. The van der Waals surface area contributed by atoms with Crippen LogP contribution in [0.2, 0.25) is 0 Å². The molecule has 0 atom stereocenters. The maximum absolute atomic E-state index is 11.4. The minimum atomic E-state index is -0.363. The molecule has 0 aromatic carbocycles. The number of carbonyl (C=O) groups is 1. The first-order valence-corrected chi connectivity index (χ1v) is 6.80. The number of anilines is 1. The Bertz CT molecular complexity index is 363. The van der Waals surface area contributed by atoms with Gasteiger partial charge in [-0.1, -0.05) is 26.2 Å². The Morgan fingerprint density at radius 1 is 1.41 bits per heavy atom. The lowest BCUT2D eigenvalue weighted by Gasteiger charge is -2.01. The lowest BCUT2D eigenvalue weighted by Crippen LogP contribution is -2.05. The second kappa shape index (κ2) is 7.27. The van der Waals surface area contributed by atoms with Gasteiger partial charge in [-0.3, -0.25) is 0 Å². The summed E-state index contributed by atoms with van der Waals surface area (Å²) in [5.41, 5.74) is 0.425. The molecule has 17 heavy (non-hydrogen) atoms. The van der Waals surface area contributed by atoms with Crippen molar-refractivity contribution in [2.24, 2.45) is 0 Å². The summed E-state index contributed by atoms with van der Waals surface area (Å²) in [6, 6.07) is 0. The van der Waals surface area contributed by atoms with Crippen LogP contribution in [-0.2, 0) is 4.74 Å². The summed E-state index contributed by atoms with van der Waals surface area (Å²) in [6.45, 7) is 4.99. The minimum absolute atomic E-state index is 0.363. The molecular weight excluding hydrogens is 236 g/mol. The molecule has 96 valence electrons. The van der Waals surface area contributed by atoms with Gasteiger partial charge in [-0.15, -0.1) is 11.3 Å². The summed E-state index contributed by atoms with van der Waals surface area (Å²) in [6.07, 6.45) is 4.88. The van der Waals surface area contributed by atoms with Gasteiger partial charge in [0.25, 0.3) is 0 Å². The average Bonchev–Trinajstić information content (AvgIpc) is 2.69. The second-order valence-corrected chi connectivity index (χ2v) is 5.11. The van der Waals surface area contributed by atoms with Gasteiger partial charge >= 0.3 is 5.97 Å². The van der Waals surface area contributed by atoms with Crippen molar-refractivity contribution >= 4 is 22.4 Å². The van der Waals surface area contributed by atoms with E-state index in [9.17, 15) is 4.79 Å². The third-order valence-electron chi connectivity index (χ3n) is 2.48. The van der Waals surface area contributed by atoms with Crippen molar-refractivity contribution in [1.82, 2.24) is 4.98 Å². The molecule has 0 fully saturated rings. The van der Waals surface area contributed by atoms with E-state index in [1.54, 1.807) is 0 Å². The third kappa shape index (κ3) is 4.34. The highest BCUT2D eigenvalue weighted by atomic mass is 32.1. The van der Waals surface area contributed by atoms with Crippen molar-refractivity contribution < 1.29 is 9.53 Å². The van der Waals surface area contributed by atoms with Crippen LogP contribution in [0, 0.1) is 6.92 Å². The number of nitrogens with zero attached hydrogens (tertiary/aromatic N) is 1. The number of esters is 1. The molecule has 0 aliphatic carbocycles. The Morgan fingerprint density at radius 3 is 2.82 bits per heavy atom. The molecule has 4 nitrogen and oxygen atoms in total. The van der Waals surface area contributed by atoms with Gasteiger partial charge in [0.1, 0.15) is 0 Å². The number of rotatable bonds is 7. The van der Waals surface area contributed by atoms with Gasteiger partial charge in [-0.25, -0.2) is 9.78 Å². The Morgan fingerprint density at radius 2 is 2.18 bits per heavy atom. The molecule has 0 aliphatic rings. The topological polar surface area (TPSA) is 51.2 Å². The molecule has 1 aromatic heterocycles. The predicted octanol–water partition coefficient (Wildman–Crippen LogP) is 3.23. The highest BCUT2D eigenvalue weighted by Crippen LogP contribution is 2.22. The highest BCUT2D eigenvalue weighted by Gasteiger charge is 2.15. The standard InChI is InChI=1S/C12H20N2O2S/c1-4-5-6-7-8-13-12-14-10(9(2)17-12)11(15)16-3/h4-8H2,1-3H3,(H,13,14). The largest absolute Gasteiger partial charge is 0.464 e. The summed E-state index contributed by atoms with van der Waals surface area (Å²) in [4.78, 5) is 16.5. The van der Waals surface area contributed by atoms with Crippen molar-refractivity contribution in [3.63, 3.8) is 0 Å². The molecule has 0 bridgehead atoms. The molecule has 5 heteroatoms. The molecule has 0 aliphatic heterocycles. The van der Waals surface area contributed by atoms with E-state index < -0.39 is 0 Å². The van der Waals surface area contributed by atoms with Crippen molar-refractivity contribution in [3.05, 3.63) is 10.6 Å². The number of unbranched alkanes of at least 4 members (excludes halogenated alkanes) is 3. The van der Waals surface area contributed by atoms with Crippen LogP contribution >= 0.6 is 11.3 Å². The van der Waals surface area contributed by atoms with Crippen LogP contribution in [0.15, 0.2) is 0 Å². The summed E-state index contributed by atoms with van der Waals surface area (Å²) in [5, 5.41) is 4.05. The van der Waals surface area contributed by atoms with Gasteiger partial charge < -0.3 is 10.1 Å². The molecule has 0 amide bonds. The zero-order chi connectivity index (χ0) is 12.7. The fraction of sp³-hybridized carbons (Fsp3) is 0.667. The number of hydrogen-bond donors (Lipinski definition) is 1. The first-order valence-electron chi connectivity index (χ1n) is 5.98. The van der Waals surface area contributed by atoms with Crippen LogP contribution in [0.3, 0.4) is 0 Å². The van der Waals surface area contributed by atoms with E-state index in [-0.39, 0.29) is 5.97 Å². The predicted molar refractivity (Wildman–Crippen MR) is 70.8 cm³/mol. The number of methoxy groups -OCH3 is 1. The van der Waals surface area contributed by atoms with E-state index in [1.165, 1.54) is 37.7 Å². The van der Waals surface area contributed by atoms with Crippen molar-refractivity contribution in [3.8, 4) is 0 Å². The van der Waals surface area contributed by atoms with Crippen LogP contribution in [-0.4, -0.2) is 24.6 Å². The van der Waals surface area contributed by atoms with Crippen LogP contribution < -0.4 is 5.32 Å². The van der Waals surface area contributed by atoms with Gasteiger partial charge in [-0.05, 0) is 13.3 Å². The van der Waals surface area contributed by atoms with Crippen molar-refractivity contribution in [2.45, 2.75) is 39.5 Å². The molecule has 1 aromatic rings. The fourth-order valence-corrected chi connectivity index (χ4v) is 2.33. The molecule has 1 rings (SSSR count). The van der Waals surface area contributed by atoms with Crippen molar-refractivity contribution in [2.75, 3.05) is 19.0 Å². The van der Waals surface area contributed by atoms with E-state index in [4.69, 9.17) is 0 Å². The second-order valence-electron chi connectivity index (χ2n) is 3.90. The monoisotopic (exact) mass is 256 g/mol. The molecule has 0 radical (unpaired) electrons. The van der Waals surface area contributed by atoms with Gasteiger partial charge in [0.2, 0.25) is 0 Å². The van der Waals surface area contributed by atoms with E-state index >= 15 is 0 Å². The van der Waals surface area contributed by atoms with E-state index in [2.05, 4.69) is 22.0 Å². The summed E-state index contributed by atoms with van der Waals surface area (Å²) < 4.78 is 4.67. The molecule has 0 spiro atoms. The highest BCUT2D eigenvalue weighted by molar-refractivity contribution is 7.15.